The highest BCUT2D eigenvalue weighted by Gasteiger charge is 2.16. The van der Waals surface area contributed by atoms with Gasteiger partial charge in [-0.1, -0.05) is 24.3 Å². The second-order valence-electron chi connectivity index (χ2n) is 6.15. The highest BCUT2D eigenvalue weighted by Crippen LogP contribution is 2.18. The van der Waals surface area contributed by atoms with Crippen molar-refractivity contribution in [3.63, 3.8) is 0 Å². The first-order valence-corrected chi connectivity index (χ1v) is 8.25. The molecule has 7 heteroatoms. The lowest BCUT2D eigenvalue weighted by Gasteiger charge is -2.17. The highest BCUT2D eigenvalue weighted by molar-refractivity contribution is 5.94. The van der Waals surface area contributed by atoms with Gasteiger partial charge in [-0.15, -0.1) is 0 Å². The summed E-state index contributed by atoms with van der Waals surface area (Å²) < 4.78 is 2.02. The van der Waals surface area contributed by atoms with Crippen LogP contribution in [-0.2, 0) is 13.6 Å². The third-order valence-corrected chi connectivity index (χ3v) is 4.43. The molecule has 2 aromatic heterocycles. The van der Waals surface area contributed by atoms with E-state index >= 15 is 0 Å². The molecule has 0 saturated carbocycles. The van der Waals surface area contributed by atoms with E-state index in [1.54, 1.807) is 24.1 Å². The lowest BCUT2D eigenvalue weighted by atomic mass is 10.1. The number of fused-ring (bicyclic) bond motifs is 1. The van der Waals surface area contributed by atoms with Gasteiger partial charge < -0.3 is 9.47 Å². The number of carbonyl (C=O) groups excluding carboxylic acids is 1. The lowest BCUT2D eigenvalue weighted by Crippen LogP contribution is -2.27. The number of H-pyrrole nitrogens is 1. The van der Waals surface area contributed by atoms with Crippen LogP contribution in [0.2, 0.25) is 0 Å². The Bertz CT molecular complexity index is 1050. The predicted octanol–water partition coefficient (Wildman–Crippen LogP) is 2.63. The Morgan fingerprint density at radius 1 is 1.15 bits per heavy atom. The van der Waals surface area contributed by atoms with E-state index in [9.17, 15) is 4.79 Å². The van der Waals surface area contributed by atoms with Crippen molar-refractivity contribution in [1.29, 1.82) is 0 Å². The number of nitrogens with one attached hydrogen (secondary N) is 1. The molecular weight excluding hydrogens is 328 g/mol. The van der Waals surface area contributed by atoms with Crippen LogP contribution in [0.5, 0.6) is 0 Å². The molecular formula is C19H18N6O. The van der Waals surface area contributed by atoms with Gasteiger partial charge in [-0.3, -0.25) is 9.89 Å². The van der Waals surface area contributed by atoms with Crippen molar-refractivity contribution in [1.82, 2.24) is 29.6 Å². The number of benzene rings is 2. The Labute approximate surface area is 150 Å². The number of amides is 1. The van der Waals surface area contributed by atoms with Gasteiger partial charge in [0.25, 0.3) is 5.91 Å². The molecule has 2 heterocycles. The number of hydrogen-bond donors (Lipinski definition) is 1. The van der Waals surface area contributed by atoms with Crippen molar-refractivity contribution < 1.29 is 4.79 Å². The number of nitrogens with zero attached hydrogens (tertiary/aromatic N) is 5. The van der Waals surface area contributed by atoms with Crippen LogP contribution in [0.3, 0.4) is 0 Å². The molecule has 26 heavy (non-hydrogen) atoms. The molecule has 0 spiro atoms. The summed E-state index contributed by atoms with van der Waals surface area (Å²) in [7, 11) is 3.75. The van der Waals surface area contributed by atoms with Crippen LogP contribution in [0.4, 0.5) is 0 Å². The fourth-order valence-corrected chi connectivity index (χ4v) is 2.96. The first-order chi connectivity index (χ1) is 12.6. The van der Waals surface area contributed by atoms with Gasteiger partial charge in [-0.2, -0.15) is 5.10 Å². The number of para-hydroxylation sites is 2. The SMILES string of the molecule is CN(Cc1nc2ccccc2n1C)C(=O)c1ccc(-c2ncn[nH]2)cc1. The molecule has 0 aliphatic carbocycles. The van der Waals surface area contributed by atoms with Crippen molar-refractivity contribution in [2.45, 2.75) is 6.54 Å². The summed E-state index contributed by atoms with van der Waals surface area (Å²) >= 11 is 0. The van der Waals surface area contributed by atoms with E-state index in [0.29, 0.717) is 17.9 Å². The topological polar surface area (TPSA) is 79.7 Å². The zero-order valence-corrected chi connectivity index (χ0v) is 14.5. The van der Waals surface area contributed by atoms with Crippen molar-refractivity contribution in [3.8, 4) is 11.4 Å². The van der Waals surface area contributed by atoms with Crippen LogP contribution in [0, 0.1) is 0 Å². The van der Waals surface area contributed by atoms with E-state index in [2.05, 4.69) is 20.2 Å². The van der Waals surface area contributed by atoms with Gasteiger partial charge in [0.05, 0.1) is 17.6 Å². The third kappa shape index (κ3) is 2.83. The molecule has 0 bridgehead atoms. The maximum absolute atomic E-state index is 12.7. The number of rotatable bonds is 4. The largest absolute Gasteiger partial charge is 0.334 e. The second-order valence-corrected chi connectivity index (χ2v) is 6.15. The summed E-state index contributed by atoms with van der Waals surface area (Å²) in [5, 5.41) is 6.65. The zero-order chi connectivity index (χ0) is 18.1. The maximum atomic E-state index is 12.7. The van der Waals surface area contributed by atoms with Gasteiger partial charge in [0, 0.05) is 25.2 Å². The summed E-state index contributed by atoms with van der Waals surface area (Å²) in [6, 6.07) is 15.3. The van der Waals surface area contributed by atoms with E-state index in [-0.39, 0.29) is 5.91 Å². The molecule has 7 nitrogen and oxygen atoms in total. The second kappa shape index (κ2) is 6.44. The lowest BCUT2D eigenvalue weighted by molar-refractivity contribution is 0.0780. The van der Waals surface area contributed by atoms with Gasteiger partial charge in [-0.05, 0) is 24.3 Å². The number of imidazole rings is 1. The van der Waals surface area contributed by atoms with Crippen molar-refractivity contribution in [3.05, 3.63) is 66.2 Å². The van der Waals surface area contributed by atoms with Crippen LogP contribution in [0.25, 0.3) is 22.4 Å². The molecule has 0 unspecified atom stereocenters. The normalized spacial score (nSPS) is 11.0. The molecule has 0 aliphatic rings. The van der Waals surface area contributed by atoms with E-state index in [4.69, 9.17) is 0 Å². The fraction of sp³-hybridized carbons (Fsp3) is 0.158. The third-order valence-electron chi connectivity index (χ3n) is 4.43. The monoisotopic (exact) mass is 346 g/mol. The molecule has 130 valence electrons. The Hall–Kier alpha value is -3.48. The van der Waals surface area contributed by atoms with Gasteiger partial charge in [-0.25, -0.2) is 9.97 Å². The van der Waals surface area contributed by atoms with Crippen LogP contribution >= 0.6 is 0 Å². The fourth-order valence-electron chi connectivity index (χ4n) is 2.96. The molecule has 0 atom stereocenters. The molecule has 0 aliphatic heterocycles. The van der Waals surface area contributed by atoms with E-state index < -0.39 is 0 Å². The minimum absolute atomic E-state index is 0.0545. The average molecular weight is 346 g/mol. The first kappa shape index (κ1) is 16.0. The number of carbonyl (C=O) groups is 1. The Morgan fingerprint density at radius 2 is 1.92 bits per heavy atom. The molecule has 4 aromatic rings. The standard InChI is InChI=1S/C19H18N6O/c1-24(11-17-22-15-5-3-4-6-16(15)25(17)2)19(26)14-9-7-13(8-10-14)18-20-12-21-23-18/h3-10,12H,11H2,1-2H3,(H,20,21,23). The summed E-state index contributed by atoms with van der Waals surface area (Å²) in [5.41, 5.74) is 3.49. The van der Waals surface area contributed by atoms with E-state index in [0.717, 1.165) is 22.4 Å². The van der Waals surface area contributed by atoms with Crippen molar-refractivity contribution in [2.75, 3.05) is 7.05 Å². The Kier molecular flexibility index (Phi) is 3.96. The van der Waals surface area contributed by atoms with Crippen LogP contribution in [-0.4, -0.2) is 42.6 Å². The van der Waals surface area contributed by atoms with Gasteiger partial charge in [0.1, 0.15) is 12.2 Å². The summed E-state index contributed by atoms with van der Waals surface area (Å²) in [5.74, 6) is 1.47. The van der Waals surface area contributed by atoms with Crippen LogP contribution in [0.15, 0.2) is 54.9 Å². The number of aryl methyl sites for hydroxylation is 1. The summed E-state index contributed by atoms with van der Waals surface area (Å²) in [6.07, 6.45) is 1.46. The van der Waals surface area contributed by atoms with Gasteiger partial charge in [0.2, 0.25) is 0 Å². The smallest absolute Gasteiger partial charge is 0.254 e. The van der Waals surface area contributed by atoms with E-state index in [1.807, 2.05) is 48.0 Å². The molecule has 1 N–H and O–H groups in total. The Balaban J connectivity index is 1.53. The maximum Gasteiger partial charge on any atom is 0.254 e. The van der Waals surface area contributed by atoms with Gasteiger partial charge >= 0.3 is 0 Å². The minimum atomic E-state index is -0.0545. The van der Waals surface area contributed by atoms with Crippen LogP contribution in [0.1, 0.15) is 16.2 Å². The predicted molar refractivity (Wildman–Crippen MR) is 98.3 cm³/mol. The highest BCUT2D eigenvalue weighted by atomic mass is 16.2. The molecule has 2 aromatic carbocycles. The number of aromatic amines is 1. The molecule has 4 rings (SSSR count). The quantitative estimate of drug-likeness (QED) is 0.616. The summed E-state index contributed by atoms with van der Waals surface area (Å²) in [4.78, 5) is 23.1. The number of aromatic nitrogens is 5. The molecule has 1 amide bonds. The number of hydrogen-bond acceptors (Lipinski definition) is 4. The summed E-state index contributed by atoms with van der Waals surface area (Å²) in [6.45, 7) is 0.438. The van der Waals surface area contributed by atoms with E-state index in [1.165, 1.54) is 6.33 Å². The molecule has 0 fully saturated rings. The molecule has 0 saturated heterocycles. The van der Waals surface area contributed by atoms with Crippen LogP contribution < -0.4 is 0 Å². The Morgan fingerprint density at radius 3 is 2.62 bits per heavy atom. The minimum Gasteiger partial charge on any atom is -0.334 e. The van der Waals surface area contributed by atoms with Gasteiger partial charge in [0.15, 0.2) is 5.82 Å². The zero-order valence-electron chi connectivity index (χ0n) is 14.5. The van der Waals surface area contributed by atoms with Crippen molar-refractivity contribution in [2.24, 2.45) is 7.05 Å². The molecule has 0 radical (unpaired) electrons. The first-order valence-electron chi connectivity index (χ1n) is 8.25. The van der Waals surface area contributed by atoms with Crippen molar-refractivity contribution >= 4 is 16.9 Å². The average Bonchev–Trinajstić information content (AvgIpc) is 3.31.